The predicted octanol–water partition coefficient (Wildman–Crippen LogP) is 1.13. The number of fused-ring (bicyclic) bond motifs is 1. The molecular weight excluding hydrogens is 240 g/mol. The van der Waals surface area contributed by atoms with Crippen molar-refractivity contribution in [1.82, 2.24) is 10.2 Å². The van der Waals surface area contributed by atoms with Crippen molar-refractivity contribution in [2.24, 2.45) is 0 Å². The van der Waals surface area contributed by atoms with Gasteiger partial charge in [-0.2, -0.15) is 0 Å². The Morgan fingerprint density at radius 3 is 2.79 bits per heavy atom. The minimum Gasteiger partial charge on any atom is -0.389 e. The van der Waals surface area contributed by atoms with Crippen LogP contribution in [-0.4, -0.2) is 60.5 Å². The second kappa shape index (κ2) is 6.53. The molecule has 2 N–H and O–H groups in total. The number of hydrogen-bond acceptors (Lipinski definition) is 4. The Morgan fingerprint density at radius 1 is 1.11 bits per heavy atom. The summed E-state index contributed by atoms with van der Waals surface area (Å²) in [5.41, 5.74) is 0. The highest BCUT2D eigenvalue weighted by Crippen LogP contribution is 2.27. The van der Waals surface area contributed by atoms with Gasteiger partial charge in [0.1, 0.15) is 0 Å². The van der Waals surface area contributed by atoms with Gasteiger partial charge in [0, 0.05) is 25.2 Å². The molecule has 2 saturated heterocycles. The quantitative estimate of drug-likeness (QED) is 0.758. The smallest absolute Gasteiger partial charge is 0.0897 e. The molecule has 0 amide bonds. The largest absolute Gasteiger partial charge is 0.389 e. The lowest BCUT2D eigenvalue weighted by Crippen LogP contribution is -2.43. The van der Waals surface area contributed by atoms with Crippen LogP contribution in [-0.2, 0) is 4.74 Å². The maximum absolute atomic E-state index is 10.0. The van der Waals surface area contributed by atoms with Gasteiger partial charge >= 0.3 is 0 Å². The molecule has 0 aromatic heterocycles. The van der Waals surface area contributed by atoms with Crippen LogP contribution in [0.4, 0.5) is 0 Å². The third-order valence-corrected chi connectivity index (χ3v) is 5.05. The summed E-state index contributed by atoms with van der Waals surface area (Å²) in [6.07, 6.45) is 8.91. The van der Waals surface area contributed by atoms with E-state index in [2.05, 4.69) is 10.2 Å². The molecule has 0 radical (unpaired) electrons. The van der Waals surface area contributed by atoms with Crippen LogP contribution >= 0.6 is 0 Å². The normalized spacial score (nSPS) is 33.9. The molecule has 19 heavy (non-hydrogen) atoms. The van der Waals surface area contributed by atoms with E-state index < -0.39 is 0 Å². The number of hydrogen-bond donors (Lipinski definition) is 2. The highest BCUT2D eigenvalue weighted by molar-refractivity contribution is 4.95. The molecular formula is C15H28N2O2. The van der Waals surface area contributed by atoms with E-state index in [-0.39, 0.29) is 6.10 Å². The lowest BCUT2D eigenvalue weighted by Gasteiger charge is -2.23. The van der Waals surface area contributed by atoms with Gasteiger partial charge in [0.2, 0.25) is 0 Å². The summed E-state index contributed by atoms with van der Waals surface area (Å²) >= 11 is 0. The average molecular weight is 268 g/mol. The molecule has 0 spiro atoms. The van der Waals surface area contributed by atoms with Crippen LogP contribution in [0, 0.1) is 0 Å². The molecule has 0 aromatic rings. The molecule has 3 aliphatic rings. The van der Waals surface area contributed by atoms with Crippen LogP contribution in [0.15, 0.2) is 0 Å². The van der Waals surface area contributed by atoms with Gasteiger partial charge < -0.3 is 15.2 Å². The molecule has 2 aliphatic heterocycles. The van der Waals surface area contributed by atoms with Gasteiger partial charge in [0.15, 0.2) is 0 Å². The minimum absolute atomic E-state index is 0.351. The van der Waals surface area contributed by atoms with Crippen LogP contribution in [0.1, 0.15) is 44.9 Å². The Kier molecular flexibility index (Phi) is 4.74. The molecule has 1 aliphatic carbocycles. The fraction of sp³-hybridized carbons (Fsp3) is 1.00. The summed E-state index contributed by atoms with van der Waals surface area (Å²) in [5, 5.41) is 13.6. The summed E-state index contributed by atoms with van der Waals surface area (Å²) in [7, 11) is 0. The first-order valence-electron chi connectivity index (χ1n) is 8.10. The third kappa shape index (κ3) is 3.48. The van der Waals surface area contributed by atoms with E-state index in [1.54, 1.807) is 0 Å². The molecule has 1 saturated carbocycles. The zero-order valence-corrected chi connectivity index (χ0v) is 11.9. The average Bonchev–Trinajstić information content (AvgIpc) is 3.11. The van der Waals surface area contributed by atoms with Gasteiger partial charge in [-0.05, 0) is 38.6 Å². The van der Waals surface area contributed by atoms with Gasteiger partial charge in [-0.3, -0.25) is 4.90 Å². The highest BCUT2D eigenvalue weighted by atomic mass is 16.5. The van der Waals surface area contributed by atoms with Crippen molar-refractivity contribution < 1.29 is 9.84 Å². The number of aliphatic hydroxyl groups excluding tert-OH is 1. The van der Waals surface area contributed by atoms with Crippen LogP contribution in [0.2, 0.25) is 0 Å². The maximum atomic E-state index is 10.0. The topological polar surface area (TPSA) is 44.7 Å². The van der Waals surface area contributed by atoms with Gasteiger partial charge in [-0.1, -0.05) is 12.8 Å². The number of aliphatic hydroxyl groups is 1. The molecule has 3 unspecified atom stereocenters. The number of nitrogens with zero attached hydrogens (tertiary/aromatic N) is 1. The van der Waals surface area contributed by atoms with E-state index >= 15 is 0 Å². The molecule has 2 heterocycles. The van der Waals surface area contributed by atoms with E-state index in [1.165, 1.54) is 58.0 Å². The van der Waals surface area contributed by atoms with Crippen molar-refractivity contribution in [3.05, 3.63) is 0 Å². The van der Waals surface area contributed by atoms with Crippen molar-refractivity contribution in [2.45, 2.75) is 69.2 Å². The molecule has 3 fully saturated rings. The summed E-state index contributed by atoms with van der Waals surface area (Å²) in [5.74, 6) is 0. The van der Waals surface area contributed by atoms with Gasteiger partial charge in [0.05, 0.1) is 18.8 Å². The molecule has 4 nitrogen and oxygen atoms in total. The first kappa shape index (κ1) is 13.8. The SMILES string of the molecule is OC(CNC1CCN2CCCC12)COC1CCCC1. The Balaban J connectivity index is 1.32. The standard InChI is InChI=1S/C15H28N2O2/c18-12(11-19-13-4-1-2-5-13)10-16-14-7-9-17-8-3-6-15(14)17/h12-16,18H,1-11H2. The van der Waals surface area contributed by atoms with Crippen molar-refractivity contribution >= 4 is 0 Å². The highest BCUT2D eigenvalue weighted by Gasteiger charge is 2.36. The number of ether oxygens (including phenoxy) is 1. The first-order chi connectivity index (χ1) is 9.33. The zero-order chi connectivity index (χ0) is 13.1. The molecule has 3 atom stereocenters. The molecule has 3 rings (SSSR count). The second-order valence-corrected chi connectivity index (χ2v) is 6.44. The third-order valence-electron chi connectivity index (χ3n) is 5.05. The van der Waals surface area contributed by atoms with Crippen molar-refractivity contribution in [3.8, 4) is 0 Å². The molecule has 4 heteroatoms. The Labute approximate surface area is 116 Å². The lowest BCUT2D eigenvalue weighted by atomic mass is 10.1. The zero-order valence-electron chi connectivity index (χ0n) is 11.9. The molecule has 110 valence electrons. The van der Waals surface area contributed by atoms with Crippen LogP contribution < -0.4 is 5.32 Å². The van der Waals surface area contributed by atoms with Gasteiger partial charge in [-0.15, -0.1) is 0 Å². The van der Waals surface area contributed by atoms with E-state index in [0.29, 0.717) is 25.3 Å². The Morgan fingerprint density at radius 2 is 1.95 bits per heavy atom. The Bertz CT molecular complexity index is 281. The van der Waals surface area contributed by atoms with Gasteiger partial charge in [-0.25, -0.2) is 0 Å². The monoisotopic (exact) mass is 268 g/mol. The number of rotatable bonds is 6. The van der Waals surface area contributed by atoms with Crippen LogP contribution in [0.3, 0.4) is 0 Å². The molecule has 0 bridgehead atoms. The summed E-state index contributed by atoms with van der Waals surface area (Å²) in [4.78, 5) is 2.60. The second-order valence-electron chi connectivity index (χ2n) is 6.44. The lowest BCUT2D eigenvalue weighted by molar-refractivity contribution is -0.00646. The van der Waals surface area contributed by atoms with E-state index in [9.17, 15) is 5.11 Å². The maximum Gasteiger partial charge on any atom is 0.0897 e. The summed E-state index contributed by atoms with van der Waals surface area (Å²) < 4.78 is 5.77. The minimum atomic E-state index is -0.351. The van der Waals surface area contributed by atoms with Crippen molar-refractivity contribution in [1.29, 1.82) is 0 Å². The van der Waals surface area contributed by atoms with Crippen LogP contribution in [0.25, 0.3) is 0 Å². The number of nitrogens with one attached hydrogen (secondary N) is 1. The fourth-order valence-corrected chi connectivity index (χ4v) is 3.97. The molecule has 0 aromatic carbocycles. The van der Waals surface area contributed by atoms with Crippen molar-refractivity contribution in [3.63, 3.8) is 0 Å². The summed E-state index contributed by atoms with van der Waals surface area (Å²) in [6.45, 7) is 3.69. The van der Waals surface area contributed by atoms with Gasteiger partial charge in [0.25, 0.3) is 0 Å². The summed E-state index contributed by atoms with van der Waals surface area (Å²) in [6, 6.07) is 1.31. The fourth-order valence-electron chi connectivity index (χ4n) is 3.97. The predicted molar refractivity (Wildman–Crippen MR) is 75.2 cm³/mol. The first-order valence-corrected chi connectivity index (χ1v) is 8.10. The Hall–Kier alpha value is -0.160. The van der Waals surface area contributed by atoms with E-state index in [4.69, 9.17) is 4.74 Å². The van der Waals surface area contributed by atoms with Crippen molar-refractivity contribution in [2.75, 3.05) is 26.2 Å². The van der Waals surface area contributed by atoms with E-state index in [0.717, 1.165) is 6.04 Å². The van der Waals surface area contributed by atoms with Crippen LogP contribution in [0.5, 0.6) is 0 Å². The van der Waals surface area contributed by atoms with E-state index in [1.807, 2.05) is 0 Å².